The third kappa shape index (κ3) is 4.37. The number of carbonyl (C=O) groups excluding carboxylic acids is 2. The van der Waals surface area contributed by atoms with Crippen LogP contribution in [0.15, 0.2) is 57.7 Å². The van der Waals surface area contributed by atoms with Crippen LogP contribution in [0.3, 0.4) is 0 Å². The van der Waals surface area contributed by atoms with Gasteiger partial charge in [-0.25, -0.2) is 9.59 Å². The summed E-state index contributed by atoms with van der Waals surface area (Å²) in [6, 6.07) is 13.4. The van der Waals surface area contributed by atoms with E-state index in [1.54, 1.807) is 43.3 Å². The predicted octanol–water partition coefficient (Wildman–Crippen LogP) is 3.15. The molecule has 0 fully saturated rings. The molecule has 0 spiro atoms. The van der Waals surface area contributed by atoms with Gasteiger partial charge in [-0.05, 0) is 19.1 Å². The highest BCUT2D eigenvalue weighted by Crippen LogP contribution is 2.38. The monoisotopic (exact) mass is 396 g/mol. The van der Waals surface area contributed by atoms with E-state index in [1.807, 2.05) is 12.1 Å². The molecule has 0 atom stereocenters. The van der Waals surface area contributed by atoms with Gasteiger partial charge in [0.15, 0.2) is 0 Å². The van der Waals surface area contributed by atoms with Gasteiger partial charge in [-0.1, -0.05) is 36.4 Å². The zero-order valence-corrected chi connectivity index (χ0v) is 16.0. The molecule has 0 saturated carbocycles. The summed E-state index contributed by atoms with van der Waals surface area (Å²) in [6.07, 6.45) is 0. The van der Waals surface area contributed by atoms with Crippen molar-refractivity contribution in [3.05, 3.63) is 59.0 Å². The Morgan fingerprint density at radius 1 is 1.03 bits per heavy atom. The molecular weight excluding hydrogens is 376 g/mol. The number of methoxy groups -OCH3 is 1. The molecule has 2 N–H and O–H groups in total. The minimum Gasteiger partial charge on any atom is -0.496 e. The number of carbonyl (C=O) groups is 2. The molecule has 150 valence electrons. The quantitative estimate of drug-likeness (QED) is 0.620. The van der Waals surface area contributed by atoms with Crippen molar-refractivity contribution in [1.29, 1.82) is 0 Å². The molecule has 0 radical (unpaired) electrons. The number of amides is 2. The average molecular weight is 396 g/mol. The summed E-state index contributed by atoms with van der Waals surface area (Å²) >= 11 is 0. The zero-order valence-electron chi connectivity index (χ0n) is 16.0. The lowest BCUT2D eigenvalue weighted by Gasteiger charge is -2.15. The summed E-state index contributed by atoms with van der Waals surface area (Å²) in [4.78, 5) is 36.2. The number of hydrogen-bond acceptors (Lipinski definition) is 6. The van der Waals surface area contributed by atoms with E-state index in [0.717, 1.165) is 0 Å². The van der Waals surface area contributed by atoms with Crippen molar-refractivity contribution >= 4 is 28.7 Å². The van der Waals surface area contributed by atoms with E-state index < -0.39 is 17.6 Å². The predicted molar refractivity (Wildman–Crippen MR) is 108 cm³/mol. The van der Waals surface area contributed by atoms with Crippen molar-refractivity contribution < 1.29 is 23.5 Å². The van der Waals surface area contributed by atoms with Crippen LogP contribution in [-0.4, -0.2) is 32.3 Å². The van der Waals surface area contributed by atoms with Crippen LogP contribution in [0.4, 0.5) is 10.7 Å². The zero-order chi connectivity index (χ0) is 20.8. The summed E-state index contributed by atoms with van der Waals surface area (Å²) in [5.74, 6) is -0.0893. The van der Waals surface area contributed by atoms with E-state index in [0.29, 0.717) is 27.6 Å². The van der Waals surface area contributed by atoms with Crippen molar-refractivity contribution in [2.45, 2.75) is 6.92 Å². The molecule has 0 aliphatic rings. The first-order chi connectivity index (χ1) is 14.0. The van der Waals surface area contributed by atoms with Crippen molar-refractivity contribution in [1.82, 2.24) is 5.32 Å². The highest BCUT2D eigenvalue weighted by Gasteiger charge is 2.20. The van der Waals surface area contributed by atoms with Gasteiger partial charge in [-0.2, -0.15) is 0 Å². The molecule has 3 rings (SSSR count). The lowest BCUT2D eigenvalue weighted by atomic mass is 9.99. The van der Waals surface area contributed by atoms with Crippen LogP contribution < -0.4 is 21.0 Å². The number of ether oxygens (including phenoxy) is 2. The Hall–Kier alpha value is -3.81. The second-order valence-corrected chi connectivity index (χ2v) is 5.95. The maximum atomic E-state index is 12.4. The second kappa shape index (κ2) is 8.92. The Kier molecular flexibility index (Phi) is 6.13. The van der Waals surface area contributed by atoms with Crippen LogP contribution in [0.2, 0.25) is 0 Å². The molecule has 0 aliphatic heterocycles. The molecule has 3 aromatic rings. The van der Waals surface area contributed by atoms with E-state index in [2.05, 4.69) is 10.6 Å². The Balaban J connectivity index is 2.06. The number of rotatable bonds is 6. The molecule has 8 heteroatoms. The third-order valence-corrected chi connectivity index (χ3v) is 4.14. The largest absolute Gasteiger partial charge is 0.496 e. The van der Waals surface area contributed by atoms with Crippen LogP contribution in [0, 0.1) is 0 Å². The molecule has 1 aromatic heterocycles. The average Bonchev–Trinajstić information content (AvgIpc) is 2.73. The Morgan fingerprint density at radius 2 is 1.72 bits per heavy atom. The van der Waals surface area contributed by atoms with Crippen molar-refractivity contribution in [3.8, 4) is 16.9 Å². The van der Waals surface area contributed by atoms with Crippen LogP contribution in [0.25, 0.3) is 21.9 Å². The van der Waals surface area contributed by atoms with Crippen molar-refractivity contribution in [2.75, 3.05) is 25.6 Å². The molecule has 0 unspecified atom stereocenters. The highest BCUT2D eigenvalue weighted by molar-refractivity contribution is 6.05. The first kappa shape index (κ1) is 19.9. The fourth-order valence-corrected chi connectivity index (χ4v) is 2.92. The Morgan fingerprint density at radius 3 is 2.45 bits per heavy atom. The van der Waals surface area contributed by atoms with Crippen molar-refractivity contribution in [2.24, 2.45) is 0 Å². The fourth-order valence-electron chi connectivity index (χ4n) is 2.92. The summed E-state index contributed by atoms with van der Waals surface area (Å²) in [5.41, 5.74) is 0.527. The van der Waals surface area contributed by atoms with E-state index in [1.165, 1.54) is 7.11 Å². The minimum atomic E-state index is -0.715. The Labute approximate surface area is 166 Å². The smallest absolute Gasteiger partial charge is 0.345 e. The highest BCUT2D eigenvalue weighted by atomic mass is 16.5. The van der Waals surface area contributed by atoms with Gasteiger partial charge in [-0.3, -0.25) is 10.1 Å². The van der Waals surface area contributed by atoms with Gasteiger partial charge in [0.1, 0.15) is 12.3 Å². The number of esters is 1. The number of anilines is 1. The van der Waals surface area contributed by atoms with E-state index in [9.17, 15) is 14.4 Å². The summed E-state index contributed by atoms with van der Waals surface area (Å²) in [7, 11) is 1.53. The lowest BCUT2D eigenvalue weighted by molar-refractivity contribution is -0.141. The first-order valence-corrected chi connectivity index (χ1v) is 8.94. The lowest BCUT2D eigenvalue weighted by Crippen LogP contribution is -2.34. The standard InChI is InChI=1S/C21H20N2O6/c1-3-28-17(24)12-22-21(26)23-19-18(15-10-6-7-11-16(15)27-2)13-8-4-5-9-14(13)20(25)29-19/h4-11H,3,12H2,1-2H3,(H2,22,23,26). The molecule has 2 aromatic carbocycles. The minimum absolute atomic E-state index is 0.0560. The summed E-state index contributed by atoms with van der Waals surface area (Å²) in [6.45, 7) is 1.56. The van der Waals surface area contributed by atoms with Gasteiger partial charge in [-0.15, -0.1) is 0 Å². The van der Waals surface area contributed by atoms with Gasteiger partial charge in [0.05, 0.1) is 24.7 Å². The number of nitrogens with one attached hydrogen (secondary N) is 2. The molecule has 8 nitrogen and oxygen atoms in total. The molecule has 0 saturated heterocycles. The number of para-hydroxylation sites is 1. The third-order valence-electron chi connectivity index (χ3n) is 4.14. The van der Waals surface area contributed by atoms with E-state index in [-0.39, 0.29) is 19.0 Å². The molecule has 2 amide bonds. The summed E-state index contributed by atoms with van der Waals surface area (Å²) in [5, 5.41) is 5.84. The fraction of sp³-hybridized carbons (Fsp3) is 0.190. The Bertz CT molecular complexity index is 1110. The molecule has 29 heavy (non-hydrogen) atoms. The maximum Gasteiger partial charge on any atom is 0.345 e. The molecule has 0 bridgehead atoms. The second-order valence-electron chi connectivity index (χ2n) is 5.95. The van der Waals surface area contributed by atoms with Gasteiger partial charge >= 0.3 is 17.6 Å². The van der Waals surface area contributed by atoms with Crippen LogP contribution >= 0.6 is 0 Å². The van der Waals surface area contributed by atoms with Crippen LogP contribution in [0.1, 0.15) is 6.92 Å². The molecular formula is C21H20N2O6. The van der Waals surface area contributed by atoms with Gasteiger partial charge < -0.3 is 19.2 Å². The number of benzene rings is 2. The number of urea groups is 1. The van der Waals surface area contributed by atoms with Gasteiger partial charge in [0.2, 0.25) is 5.88 Å². The molecule has 1 heterocycles. The topological polar surface area (TPSA) is 107 Å². The van der Waals surface area contributed by atoms with E-state index in [4.69, 9.17) is 13.9 Å². The van der Waals surface area contributed by atoms with Gasteiger partial charge in [0.25, 0.3) is 0 Å². The van der Waals surface area contributed by atoms with Gasteiger partial charge in [0, 0.05) is 10.9 Å². The normalized spacial score (nSPS) is 10.4. The van der Waals surface area contributed by atoms with Crippen molar-refractivity contribution in [3.63, 3.8) is 0 Å². The van der Waals surface area contributed by atoms with Crippen LogP contribution in [-0.2, 0) is 9.53 Å². The number of hydrogen-bond donors (Lipinski definition) is 2. The first-order valence-electron chi connectivity index (χ1n) is 8.94. The SMILES string of the molecule is CCOC(=O)CNC(=O)Nc1oc(=O)c2ccccc2c1-c1ccccc1OC. The molecule has 0 aliphatic carbocycles. The summed E-state index contributed by atoms with van der Waals surface area (Å²) < 4.78 is 15.6. The number of fused-ring (bicyclic) bond motifs is 1. The van der Waals surface area contributed by atoms with Crippen LogP contribution in [0.5, 0.6) is 5.75 Å². The maximum absolute atomic E-state index is 12.4. The van der Waals surface area contributed by atoms with E-state index >= 15 is 0 Å².